The van der Waals surface area contributed by atoms with Gasteiger partial charge in [-0.25, -0.2) is 8.42 Å². The minimum Gasteiger partial charge on any atom is -0.493 e. The van der Waals surface area contributed by atoms with Crippen molar-refractivity contribution in [3.63, 3.8) is 0 Å². The van der Waals surface area contributed by atoms with E-state index in [1.54, 1.807) is 18.2 Å². The fraction of sp³-hybridized carbons (Fsp3) is 0.588. The van der Waals surface area contributed by atoms with Crippen LogP contribution in [0.4, 0.5) is 0 Å². The normalized spacial score (nSPS) is 21.4. The monoisotopic (exact) mass is 337 g/mol. The molecule has 1 saturated carbocycles. The van der Waals surface area contributed by atoms with Gasteiger partial charge in [-0.05, 0) is 30.9 Å². The Morgan fingerprint density at radius 2 is 2.09 bits per heavy atom. The zero-order valence-electron chi connectivity index (χ0n) is 13.6. The van der Waals surface area contributed by atoms with Crippen LogP contribution in [0.15, 0.2) is 18.2 Å². The highest BCUT2D eigenvalue weighted by Gasteiger charge is 2.29. The zero-order valence-corrected chi connectivity index (χ0v) is 14.4. The Hall–Kier alpha value is -1.74. The van der Waals surface area contributed by atoms with Gasteiger partial charge in [0.15, 0.2) is 21.3 Å². The molecule has 2 atom stereocenters. The Morgan fingerprint density at radius 3 is 2.74 bits per heavy atom. The third-order valence-electron chi connectivity index (χ3n) is 4.31. The molecule has 0 N–H and O–H groups in total. The van der Waals surface area contributed by atoms with E-state index in [4.69, 9.17) is 14.7 Å². The highest BCUT2D eigenvalue weighted by Crippen LogP contribution is 2.30. The van der Waals surface area contributed by atoms with E-state index >= 15 is 0 Å². The molecule has 2 unspecified atom stereocenters. The first-order valence-electron chi connectivity index (χ1n) is 7.88. The summed E-state index contributed by atoms with van der Waals surface area (Å²) in [5.74, 6) is 1.38. The largest absolute Gasteiger partial charge is 0.493 e. The maximum Gasteiger partial charge on any atom is 0.162 e. The summed E-state index contributed by atoms with van der Waals surface area (Å²) >= 11 is 0. The van der Waals surface area contributed by atoms with Gasteiger partial charge in [0.2, 0.25) is 0 Å². The van der Waals surface area contributed by atoms with Crippen molar-refractivity contribution in [1.82, 2.24) is 0 Å². The molecular weight excluding hydrogens is 314 g/mol. The molecule has 0 heterocycles. The summed E-state index contributed by atoms with van der Waals surface area (Å²) in [6, 6.07) is 6.85. The molecule has 1 aliphatic carbocycles. The van der Waals surface area contributed by atoms with Crippen LogP contribution in [0.5, 0.6) is 11.5 Å². The summed E-state index contributed by atoms with van der Waals surface area (Å²) < 4.78 is 35.6. The summed E-state index contributed by atoms with van der Waals surface area (Å²) in [4.78, 5) is 0. The van der Waals surface area contributed by atoms with Crippen LogP contribution in [0.1, 0.15) is 38.2 Å². The number of ether oxygens (including phenoxy) is 2. The van der Waals surface area contributed by atoms with Crippen molar-refractivity contribution in [2.75, 3.05) is 19.5 Å². The number of rotatable bonds is 6. The lowest BCUT2D eigenvalue weighted by molar-refractivity contribution is 0.310. The highest BCUT2D eigenvalue weighted by atomic mass is 32.2. The third-order valence-corrected chi connectivity index (χ3v) is 6.49. The van der Waals surface area contributed by atoms with Gasteiger partial charge in [-0.1, -0.05) is 19.8 Å². The first kappa shape index (κ1) is 17.6. The van der Waals surface area contributed by atoms with E-state index in [0.29, 0.717) is 23.0 Å². The van der Waals surface area contributed by atoms with Gasteiger partial charge in [0.05, 0.1) is 29.7 Å². The van der Waals surface area contributed by atoms with E-state index in [1.165, 1.54) is 7.11 Å². The van der Waals surface area contributed by atoms with Gasteiger partial charge in [0, 0.05) is 6.07 Å². The minimum absolute atomic E-state index is 0.00748. The van der Waals surface area contributed by atoms with Gasteiger partial charge in [0.1, 0.15) is 6.61 Å². The molecule has 6 heteroatoms. The van der Waals surface area contributed by atoms with Crippen LogP contribution < -0.4 is 9.47 Å². The first-order chi connectivity index (χ1) is 11.0. The molecule has 1 fully saturated rings. The van der Waals surface area contributed by atoms with Crippen LogP contribution in [-0.2, 0) is 9.84 Å². The Morgan fingerprint density at radius 1 is 1.30 bits per heavy atom. The van der Waals surface area contributed by atoms with Crippen molar-refractivity contribution >= 4 is 9.84 Å². The maximum absolute atomic E-state index is 12.4. The number of nitrogens with zero attached hydrogens (tertiary/aromatic N) is 1. The fourth-order valence-electron chi connectivity index (χ4n) is 3.00. The molecule has 0 amide bonds. The second-order valence-corrected chi connectivity index (χ2v) is 8.49. The van der Waals surface area contributed by atoms with Gasteiger partial charge in [-0.3, -0.25) is 0 Å². The van der Waals surface area contributed by atoms with Crippen molar-refractivity contribution < 1.29 is 17.9 Å². The van der Waals surface area contributed by atoms with E-state index in [1.807, 2.05) is 6.07 Å². The molecule has 1 aromatic rings. The number of hydrogen-bond donors (Lipinski definition) is 0. The summed E-state index contributed by atoms with van der Waals surface area (Å²) in [6.07, 6.45) is 3.61. The fourth-order valence-corrected chi connectivity index (χ4v) is 4.79. The third kappa shape index (κ3) is 4.61. The molecule has 1 aliphatic rings. The van der Waals surface area contributed by atoms with Crippen molar-refractivity contribution in [3.8, 4) is 17.6 Å². The van der Waals surface area contributed by atoms with Gasteiger partial charge < -0.3 is 9.47 Å². The van der Waals surface area contributed by atoms with E-state index < -0.39 is 9.84 Å². The summed E-state index contributed by atoms with van der Waals surface area (Å²) in [6.45, 7) is 2.20. The van der Waals surface area contributed by atoms with Crippen molar-refractivity contribution in [3.05, 3.63) is 23.8 Å². The highest BCUT2D eigenvalue weighted by molar-refractivity contribution is 7.92. The van der Waals surface area contributed by atoms with Crippen LogP contribution in [-0.4, -0.2) is 33.1 Å². The second kappa shape index (κ2) is 7.69. The van der Waals surface area contributed by atoms with Gasteiger partial charge in [-0.2, -0.15) is 5.26 Å². The molecule has 126 valence electrons. The zero-order chi connectivity index (χ0) is 16.9. The lowest BCUT2D eigenvalue weighted by atomic mass is 9.91. The van der Waals surface area contributed by atoms with Gasteiger partial charge in [-0.15, -0.1) is 0 Å². The lowest BCUT2D eigenvalue weighted by Gasteiger charge is -2.26. The molecule has 0 aromatic heterocycles. The predicted molar refractivity (Wildman–Crippen MR) is 88.4 cm³/mol. The number of benzene rings is 1. The summed E-state index contributed by atoms with van der Waals surface area (Å²) in [7, 11) is -1.65. The smallest absolute Gasteiger partial charge is 0.162 e. The number of nitriles is 1. The predicted octanol–water partition coefficient (Wildman–Crippen LogP) is 2.94. The Bertz CT molecular complexity index is 678. The molecule has 0 radical (unpaired) electrons. The van der Waals surface area contributed by atoms with Crippen LogP contribution in [0, 0.1) is 17.2 Å². The maximum atomic E-state index is 12.4. The lowest BCUT2D eigenvalue weighted by Crippen LogP contribution is -2.31. The summed E-state index contributed by atoms with van der Waals surface area (Å²) in [5.41, 5.74) is 0.470. The average molecular weight is 337 g/mol. The van der Waals surface area contributed by atoms with E-state index in [9.17, 15) is 8.42 Å². The van der Waals surface area contributed by atoms with Crippen LogP contribution in [0.2, 0.25) is 0 Å². The summed E-state index contributed by atoms with van der Waals surface area (Å²) in [5, 5.41) is 8.63. The van der Waals surface area contributed by atoms with Gasteiger partial charge >= 0.3 is 0 Å². The van der Waals surface area contributed by atoms with Crippen molar-refractivity contribution in [1.29, 1.82) is 5.26 Å². The Balaban J connectivity index is 1.95. The second-order valence-electron chi connectivity index (χ2n) is 6.09. The SMILES string of the molecule is COc1cc(C#N)ccc1OCCS(=O)(=O)C1CCCC(C)C1. The molecule has 0 aliphatic heterocycles. The molecule has 0 saturated heterocycles. The van der Waals surface area contributed by atoms with E-state index in [2.05, 4.69) is 6.92 Å². The molecule has 0 bridgehead atoms. The molecule has 2 rings (SSSR count). The van der Waals surface area contributed by atoms with Crippen LogP contribution >= 0.6 is 0 Å². The quantitative estimate of drug-likeness (QED) is 0.797. The Labute approximate surface area is 138 Å². The minimum atomic E-state index is -3.14. The van der Waals surface area contributed by atoms with Crippen molar-refractivity contribution in [2.45, 2.75) is 37.9 Å². The number of sulfone groups is 1. The van der Waals surface area contributed by atoms with Gasteiger partial charge in [0.25, 0.3) is 0 Å². The molecule has 23 heavy (non-hydrogen) atoms. The number of methoxy groups -OCH3 is 1. The van der Waals surface area contributed by atoms with Crippen molar-refractivity contribution in [2.24, 2.45) is 5.92 Å². The average Bonchev–Trinajstić information content (AvgIpc) is 2.55. The molecule has 0 spiro atoms. The Kier molecular flexibility index (Phi) is 5.89. The molecule has 1 aromatic carbocycles. The molecule has 5 nitrogen and oxygen atoms in total. The molecular formula is C17H23NO4S. The van der Waals surface area contributed by atoms with E-state index in [-0.39, 0.29) is 17.6 Å². The van der Waals surface area contributed by atoms with E-state index in [0.717, 1.165) is 25.7 Å². The number of hydrogen-bond acceptors (Lipinski definition) is 5. The first-order valence-corrected chi connectivity index (χ1v) is 9.60. The standard InChI is InChI=1S/C17H23NO4S/c1-13-4-3-5-15(10-13)23(19,20)9-8-22-16-7-6-14(12-18)11-17(16)21-2/h6-7,11,13,15H,3-5,8-10H2,1-2H3. The van der Waals surface area contributed by atoms with Crippen LogP contribution in [0.25, 0.3) is 0 Å². The van der Waals surface area contributed by atoms with Crippen LogP contribution in [0.3, 0.4) is 0 Å². The topological polar surface area (TPSA) is 76.4 Å².